The van der Waals surface area contributed by atoms with Gasteiger partial charge >= 0.3 is 5.97 Å². The SMILES string of the molecule is CC1(C)CCC(C(C)(O)C(=O)O)CC1. The van der Waals surface area contributed by atoms with Crippen LogP contribution >= 0.6 is 0 Å². The smallest absolute Gasteiger partial charge is 0.335 e. The van der Waals surface area contributed by atoms with Gasteiger partial charge in [0.2, 0.25) is 0 Å². The van der Waals surface area contributed by atoms with Crippen LogP contribution in [0.3, 0.4) is 0 Å². The lowest BCUT2D eigenvalue weighted by molar-refractivity contribution is -0.164. The first-order valence-electron chi connectivity index (χ1n) is 5.21. The van der Waals surface area contributed by atoms with E-state index in [-0.39, 0.29) is 5.92 Å². The zero-order valence-corrected chi connectivity index (χ0v) is 9.21. The molecule has 82 valence electrons. The van der Waals surface area contributed by atoms with Gasteiger partial charge in [0.15, 0.2) is 5.60 Å². The lowest BCUT2D eigenvalue weighted by atomic mass is 9.68. The highest BCUT2D eigenvalue weighted by Crippen LogP contribution is 2.41. The Balaban J connectivity index is 2.62. The van der Waals surface area contributed by atoms with Gasteiger partial charge in [0, 0.05) is 0 Å². The van der Waals surface area contributed by atoms with E-state index in [0.29, 0.717) is 5.41 Å². The molecule has 2 N–H and O–H groups in total. The second-order valence-electron chi connectivity index (χ2n) is 5.39. The summed E-state index contributed by atoms with van der Waals surface area (Å²) >= 11 is 0. The van der Waals surface area contributed by atoms with Gasteiger partial charge in [-0.1, -0.05) is 13.8 Å². The van der Waals surface area contributed by atoms with Crippen LogP contribution in [-0.2, 0) is 4.79 Å². The summed E-state index contributed by atoms with van der Waals surface area (Å²) in [6.45, 7) is 5.80. The Morgan fingerprint density at radius 3 is 2.14 bits per heavy atom. The van der Waals surface area contributed by atoms with Gasteiger partial charge in [-0.05, 0) is 43.9 Å². The Hall–Kier alpha value is -0.570. The summed E-state index contributed by atoms with van der Waals surface area (Å²) in [5.41, 5.74) is -1.23. The van der Waals surface area contributed by atoms with Crippen molar-refractivity contribution in [2.45, 2.75) is 52.1 Å². The summed E-state index contributed by atoms with van der Waals surface area (Å²) in [7, 11) is 0. The van der Waals surface area contributed by atoms with Crippen molar-refractivity contribution >= 4 is 5.97 Å². The molecule has 1 aliphatic carbocycles. The Labute approximate surface area is 85.1 Å². The number of carboxylic acid groups (broad SMARTS) is 1. The molecule has 0 bridgehead atoms. The van der Waals surface area contributed by atoms with Crippen LogP contribution in [0.2, 0.25) is 0 Å². The third-order valence-electron chi connectivity index (χ3n) is 3.57. The number of aliphatic carboxylic acids is 1. The molecule has 3 nitrogen and oxygen atoms in total. The highest BCUT2D eigenvalue weighted by molar-refractivity contribution is 5.76. The van der Waals surface area contributed by atoms with Crippen LogP contribution in [0.1, 0.15) is 46.5 Å². The van der Waals surface area contributed by atoms with Gasteiger partial charge in [-0.2, -0.15) is 0 Å². The predicted octanol–water partition coefficient (Wildman–Crippen LogP) is 2.04. The first-order valence-corrected chi connectivity index (χ1v) is 5.21. The summed E-state index contributed by atoms with van der Waals surface area (Å²) in [6.07, 6.45) is 3.63. The fourth-order valence-electron chi connectivity index (χ4n) is 2.14. The van der Waals surface area contributed by atoms with Crippen molar-refractivity contribution in [2.24, 2.45) is 11.3 Å². The first kappa shape index (κ1) is 11.5. The van der Waals surface area contributed by atoms with E-state index in [9.17, 15) is 9.90 Å². The normalized spacial score (nSPS) is 26.9. The minimum atomic E-state index is -1.55. The second-order valence-corrected chi connectivity index (χ2v) is 5.39. The van der Waals surface area contributed by atoms with Crippen LogP contribution in [0, 0.1) is 11.3 Å². The highest BCUT2D eigenvalue weighted by Gasteiger charge is 2.42. The topological polar surface area (TPSA) is 57.5 Å². The molecule has 0 aliphatic heterocycles. The maximum absolute atomic E-state index is 10.8. The average molecular weight is 200 g/mol. The van der Waals surface area contributed by atoms with Crippen LogP contribution in [-0.4, -0.2) is 21.8 Å². The molecule has 0 aromatic carbocycles. The van der Waals surface area contributed by atoms with Gasteiger partial charge in [0.1, 0.15) is 0 Å². The molecule has 1 saturated carbocycles. The molecule has 1 fully saturated rings. The van der Waals surface area contributed by atoms with Crippen LogP contribution < -0.4 is 0 Å². The molecule has 1 atom stereocenters. The van der Waals surface area contributed by atoms with Gasteiger partial charge in [0.25, 0.3) is 0 Å². The molecule has 0 spiro atoms. The van der Waals surface area contributed by atoms with Crippen molar-refractivity contribution < 1.29 is 15.0 Å². The molecule has 0 aromatic rings. The average Bonchev–Trinajstić information content (AvgIpc) is 2.03. The molecule has 3 heteroatoms. The molecule has 0 saturated heterocycles. The Morgan fingerprint density at radius 1 is 1.36 bits per heavy atom. The number of hydrogen-bond donors (Lipinski definition) is 2. The van der Waals surface area contributed by atoms with Crippen molar-refractivity contribution in [3.63, 3.8) is 0 Å². The standard InChI is InChI=1S/C11H20O3/c1-10(2)6-4-8(5-7-10)11(3,14)9(12)13/h8,14H,4-7H2,1-3H3,(H,12,13). The van der Waals surface area contributed by atoms with Gasteiger partial charge in [-0.15, -0.1) is 0 Å². The summed E-state index contributed by atoms with van der Waals surface area (Å²) in [4.78, 5) is 10.8. The van der Waals surface area contributed by atoms with Gasteiger partial charge in [0.05, 0.1) is 0 Å². The fraction of sp³-hybridized carbons (Fsp3) is 0.909. The molecule has 1 aliphatic rings. The third kappa shape index (κ3) is 2.27. The summed E-state index contributed by atoms with van der Waals surface area (Å²) < 4.78 is 0. The van der Waals surface area contributed by atoms with Crippen molar-refractivity contribution in [3.8, 4) is 0 Å². The fourth-order valence-corrected chi connectivity index (χ4v) is 2.14. The van der Waals surface area contributed by atoms with E-state index >= 15 is 0 Å². The summed E-state index contributed by atoms with van der Waals surface area (Å²) in [6, 6.07) is 0. The highest BCUT2D eigenvalue weighted by atomic mass is 16.4. The third-order valence-corrected chi connectivity index (χ3v) is 3.57. The number of carboxylic acids is 1. The largest absolute Gasteiger partial charge is 0.479 e. The van der Waals surface area contributed by atoms with E-state index in [0.717, 1.165) is 25.7 Å². The van der Waals surface area contributed by atoms with E-state index in [1.807, 2.05) is 0 Å². The monoisotopic (exact) mass is 200 g/mol. The van der Waals surface area contributed by atoms with Crippen molar-refractivity contribution in [3.05, 3.63) is 0 Å². The zero-order valence-electron chi connectivity index (χ0n) is 9.21. The minimum absolute atomic E-state index is 0.0898. The maximum Gasteiger partial charge on any atom is 0.335 e. The van der Waals surface area contributed by atoms with E-state index in [4.69, 9.17) is 5.11 Å². The van der Waals surface area contributed by atoms with Gasteiger partial charge < -0.3 is 10.2 Å². The number of carbonyl (C=O) groups is 1. The second kappa shape index (κ2) is 3.54. The molecule has 0 amide bonds. The van der Waals surface area contributed by atoms with E-state index in [1.54, 1.807) is 0 Å². The van der Waals surface area contributed by atoms with Crippen molar-refractivity contribution in [2.75, 3.05) is 0 Å². The molecule has 1 rings (SSSR count). The first-order chi connectivity index (χ1) is 6.26. The van der Waals surface area contributed by atoms with E-state index in [2.05, 4.69) is 13.8 Å². The maximum atomic E-state index is 10.8. The summed E-state index contributed by atoms with van der Waals surface area (Å²) in [5.74, 6) is -1.18. The molecule has 0 aromatic heterocycles. The lowest BCUT2D eigenvalue weighted by Crippen LogP contribution is -2.45. The molecule has 0 heterocycles. The van der Waals surface area contributed by atoms with Crippen molar-refractivity contribution in [1.29, 1.82) is 0 Å². The molecular weight excluding hydrogens is 180 g/mol. The minimum Gasteiger partial charge on any atom is -0.479 e. The quantitative estimate of drug-likeness (QED) is 0.717. The molecular formula is C11H20O3. The number of aliphatic hydroxyl groups is 1. The Kier molecular flexibility index (Phi) is 2.91. The Morgan fingerprint density at radius 2 is 1.79 bits per heavy atom. The van der Waals surface area contributed by atoms with Crippen LogP contribution in [0.15, 0.2) is 0 Å². The number of rotatable bonds is 2. The van der Waals surface area contributed by atoms with Crippen LogP contribution in [0.4, 0.5) is 0 Å². The van der Waals surface area contributed by atoms with E-state index in [1.165, 1.54) is 6.92 Å². The number of hydrogen-bond acceptors (Lipinski definition) is 2. The Bertz CT molecular complexity index is 221. The molecule has 1 unspecified atom stereocenters. The van der Waals surface area contributed by atoms with E-state index < -0.39 is 11.6 Å². The predicted molar refractivity (Wildman–Crippen MR) is 54.0 cm³/mol. The van der Waals surface area contributed by atoms with Gasteiger partial charge in [-0.25, -0.2) is 4.79 Å². The summed E-state index contributed by atoms with van der Waals surface area (Å²) in [5, 5.41) is 18.7. The molecule has 14 heavy (non-hydrogen) atoms. The molecule has 0 radical (unpaired) electrons. The van der Waals surface area contributed by atoms with Crippen LogP contribution in [0.5, 0.6) is 0 Å². The zero-order chi connectivity index (χ0) is 11.0. The van der Waals surface area contributed by atoms with Crippen molar-refractivity contribution in [1.82, 2.24) is 0 Å². The van der Waals surface area contributed by atoms with Gasteiger partial charge in [-0.3, -0.25) is 0 Å². The lowest BCUT2D eigenvalue weighted by Gasteiger charge is -2.39. The van der Waals surface area contributed by atoms with Crippen LogP contribution in [0.25, 0.3) is 0 Å².